The first kappa shape index (κ1) is 15.4. The standard InChI is InChI=1S/C21H28O2/c1-13(22)17-6-7-18-16-5-4-14-12-15(23)8-10-20(14,2)19(16)9-11-21(17,18)3/h7-8,10,12-13,15,17,22-23H,4-6,9,11H2,1-3H3/t13-,15?,17+,20-,21+/m0/s1. The summed E-state index contributed by atoms with van der Waals surface area (Å²) in [6.07, 6.45) is 13.4. The first-order valence-corrected chi connectivity index (χ1v) is 9.06. The summed E-state index contributed by atoms with van der Waals surface area (Å²) in [6, 6.07) is 0. The van der Waals surface area contributed by atoms with Crippen LogP contribution in [-0.4, -0.2) is 22.4 Å². The van der Waals surface area contributed by atoms with Gasteiger partial charge in [-0.25, -0.2) is 0 Å². The molecule has 2 heteroatoms. The van der Waals surface area contributed by atoms with E-state index in [0.29, 0.717) is 5.92 Å². The lowest BCUT2D eigenvalue weighted by Gasteiger charge is -2.49. The normalized spacial score (nSPS) is 43.3. The maximum absolute atomic E-state index is 10.2. The summed E-state index contributed by atoms with van der Waals surface area (Å²) in [6.45, 7) is 6.63. The molecule has 4 aliphatic rings. The summed E-state index contributed by atoms with van der Waals surface area (Å²) in [4.78, 5) is 0. The average molecular weight is 312 g/mol. The van der Waals surface area contributed by atoms with Gasteiger partial charge in [0.25, 0.3) is 0 Å². The second-order valence-corrected chi connectivity index (χ2v) is 8.32. The molecule has 4 rings (SSSR count). The zero-order chi connectivity index (χ0) is 16.4. The first-order chi connectivity index (χ1) is 10.9. The molecule has 0 amide bonds. The molecule has 0 aliphatic heterocycles. The van der Waals surface area contributed by atoms with Gasteiger partial charge in [-0.15, -0.1) is 0 Å². The summed E-state index contributed by atoms with van der Waals surface area (Å²) in [5, 5.41) is 20.1. The van der Waals surface area contributed by atoms with Gasteiger partial charge in [-0.2, -0.15) is 0 Å². The van der Waals surface area contributed by atoms with E-state index in [1.54, 1.807) is 11.1 Å². The van der Waals surface area contributed by atoms with Crippen molar-refractivity contribution in [2.24, 2.45) is 16.7 Å². The fraction of sp³-hybridized carbons (Fsp3) is 0.619. The van der Waals surface area contributed by atoms with Gasteiger partial charge < -0.3 is 10.2 Å². The highest BCUT2D eigenvalue weighted by Crippen LogP contribution is 2.61. The lowest BCUT2D eigenvalue weighted by Crippen LogP contribution is -2.39. The van der Waals surface area contributed by atoms with E-state index in [0.717, 1.165) is 32.1 Å². The molecule has 0 bridgehead atoms. The molecule has 0 aromatic rings. The molecule has 4 aliphatic carbocycles. The van der Waals surface area contributed by atoms with Crippen LogP contribution in [0.15, 0.2) is 46.6 Å². The van der Waals surface area contributed by atoms with Crippen LogP contribution in [0.1, 0.15) is 52.9 Å². The number of rotatable bonds is 1. The van der Waals surface area contributed by atoms with Crippen LogP contribution in [0.5, 0.6) is 0 Å². The quantitative estimate of drug-likeness (QED) is 0.717. The molecule has 1 unspecified atom stereocenters. The molecule has 0 saturated carbocycles. The van der Waals surface area contributed by atoms with Gasteiger partial charge in [0.05, 0.1) is 12.2 Å². The zero-order valence-corrected chi connectivity index (χ0v) is 14.5. The van der Waals surface area contributed by atoms with Gasteiger partial charge in [0, 0.05) is 5.41 Å². The second-order valence-electron chi connectivity index (χ2n) is 8.32. The molecule has 0 radical (unpaired) electrons. The lowest BCUT2D eigenvalue weighted by molar-refractivity contribution is 0.0610. The molecule has 2 N–H and O–H groups in total. The van der Waals surface area contributed by atoms with Gasteiger partial charge in [0.15, 0.2) is 0 Å². The number of aliphatic hydroxyl groups is 2. The minimum Gasteiger partial charge on any atom is -0.393 e. The molecular formula is C21H28O2. The fourth-order valence-corrected chi connectivity index (χ4v) is 5.74. The van der Waals surface area contributed by atoms with Crippen LogP contribution < -0.4 is 0 Å². The molecule has 0 aromatic heterocycles. The minimum atomic E-state index is -0.417. The van der Waals surface area contributed by atoms with E-state index >= 15 is 0 Å². The maximum Gasteiger partial charge on any atom is 0.0906 e. The van der Waals surface area contributed by atoms with E-state index in [1.165, 1.54) is 11.1 Å². The Bertz CT molecular complexity index is 663. The van der Waals surface area contributed by atoms with Gasteiger partial charge in [0.1, 0.15) is 0 Å². The third kappa shape index (κ3) is 2.01. The van der Waals surface area contributed by atoms with Gasteiger partial charge >= 0.3 is 0 Å². The van der Waals surface area contributed by atoms with Crippen molar-refractivity contribution in [1.29, 1.82) is 0 Å². The van der Waals surface area contributed by atoms with Crippen molar-refractivity contribution in [1.82, 2.24) is 0 Å². The smallest absolute Gasteiger partial charge is 0.0906 e. The Labute approximate surface area is 139 Å². The van der Waals surface area contributed by atoms with Crippen molar-refractivity contribution in [3.63, 3.8) is 0 Å². The van der Waals surface area contributed by atoms with Gasteiger partial charge in [-0.1, -0.05) is 42.4 Å². The molecule has 2 nitrogen and oxygen atoms in total. The van der Waals surface area contributed by atoms with Gasteiger partial charge in [-0.05, 0) is 68.4 Å². The predicted molar refractivity (Wildman–Crippen MR) is 92.8 cm³/mol. The Hall–Kier alpha value is -1.12. The molecule has 0 fully saturated rings. The molecular weight excluding hydrogens is 284 g/mol. The largest absolute Gasteiger partial charge is 0.393 e. The van der Waals surface area contributed by atoms with Crippen molar-refractivity contribution in [2.45, 2.75) is 65.1 Å². The molecule has 0 saturated heterocycles. The monoisotopic (exact) mass is 312 g/mol. The van der Waals surface area contributed by atoms with E-state index in [-0.39, 0.29) is 16.9 Å². The highest BCUT2D eigenvalue weighted by Gasteiger charge is 2.50. The highest BCUT2D eigenvalue weighted by atomic mass is 16.3. The van der Waals surface area contributed by atoms with E-state index in [4.69, 9.17) is 0 Å². The van der Waals surface area contributed by atoms with Gasteiger partial charge in [-0.3, -0.25) is 0 Å². The predicted octanol–water partition coefficient (Wildman–Crippen LogP) is 4.07. The van der Waals surface area contributed by atoms with Crippen LogP contribution in [0.3, 0.4) is 0 Å². The maximum atomic E-state index is 10.2. The van der Waals surface area contributed by atoms with Crippen molar-refractivity contribution in [3.8, 4) is 0 Å². The number of aliphatic hydroxyl groups excluding tert-OH is 2. The Morgan fingerprint density at radius 1 is 1.22 bits per heavy atom. The average Bonchev–Trinajstić information content (AvgIpc) is 2.85. The van der Waals surface area contributed by atoms with E-state index in [2.05, 4.69) is 32.1 Å². The van der Waals surface area contributed by atoms with Crippen LogP contribution in [-0.2, 0) is 0 Å². The molecule has 5 atom stereocenters. The Morgan fingerprint density at radius 3 is 2.74 bits per heavy atom. The van der Waals surface area contributed by atoms with Crippen molar-refractivity contribution >= 4 is 0 Å². The number of fused-ring (bicyclic) bond motifs is 4. The van der Waals surface area contributed by atoms with Gasteiger partial charge in [0.2, 0.25) is 0 Å². The Balaban J connectivity index is 1.79. The molecule has 124 valence electrons. The molecule has 0 aromatic carbocycles. The third-order valence-corrected chi connectivity index (χ3v) is 7.11. The first-order valence-electron chi connectivity index (χ1n) is 9.06. The van der Waals surface area contributed by atoms with Crippen LogP contribution in [0.4, 0.5) is 0 Å². The van der Waals surface area contributed by atoms with E-state index in [9.17, 15) is 10.2 Å². The SMILES string of the molecule is C[C@H](O)[C@H]1CC=C2C3=C(CC[C@@]21C)[C@@]1(C)C=CC(O)C=C1CC3. The number of hydrogen-bond acceptors (Lipinski definition) is 2. The summed E-state index contributed by atoms with van der Waals surface area (Å²) in [7, 11) is 0. The lowest BCUT2D eigenvalue weighted by atomic mass is 9.56. The third-order valence-electron chi connectivity index (χ3n) is 7.11. The van der Waals surface area contributed by atoms with Crippen molar-refractivity contribution in [2.75, 3.05) is 0 Å². The molecule has 23 heavy (non-hydrogen) atoms. The number of allylic oxidation sites excluding steroid dienone is 6. The van der Waals surface area contributed by atoms with Crippen molar-refractivity contribution in [3.05, 3.63) is 46.6 Å². The van der Waals surface area contributed by atoms with Crippen LogP contribution in [0.2, 0.25) is 0 Å². The summed E-state index contributed by atoms with van der Waals surface area (Å²) in [5.41, 5.74) is 6.17. The summed E-state index contributed by atoms with van der Waals surface area (Å²) < 4.78 is 0. The number of hydrogen-bond donors (Lipinski definition) is 2. The van der Waals surface area contributed by atoms with Crippen LogP contribution >= 0.6 is 0 Å². The topological polar surface area (TPSA) is 40.5 Å². The summed E-state index contributed by atoms with van der Waals surface area (Å²) in [5.74, 6) is 0.361. The van der Waals surface area contributed by atoms with Crippen LogP contribution in [0, 0.1) is 16.7 Å². The van der Waals surface area contributed by atoms with E-state index in [1.807, 2.05) is 13.0 Å². The second kappa shape index (κ2) is 4.94. The van der Waals surface area contributed by atoms with Crippen LogP contribution in [0.25, 0.3) is 0 Å². The highest BCUT2D eigenvalue weighted by molar-refractivity contribution is 5.55. The summed E-state index contributed by atoms with van der Waals surface area (Å²) >= 11 is 0. The van der Waals surface area contributed by atoms with Crippen molar-refractivity contribution < 1.29 is 10.2 Å². The molecule has 0 spiro atoms. The fourth-order valence-electron chi connectivity index (χ4n) is 5.74. The minimum absolute atomic E-state index is 0.00208. The molecule has 0 heterocycles. The Kier molecular flexibility index (Phi) is 3.31. The van der Waals surface area contributed by atoms with E-state index < -0.39 is 6.10 Å². The zero-order valence-electron chi connectivity index (χ0n) is 14.5. The Morgan fingerprint density at radius 2 is 2.00 bits per heavy atom.